The van der Waals surface area contributed by atoms with Gasteiger partial charge in [0.05, 0.1) is 18.8 Å². The fraction of sp³-hybridized carbons (Fsp3) is 0.211. The van der Waals surface area contributed by atoms with Crippen molar-refractivity contribution in [2.75, 3.05) is 6.54 Å². The highest BCUT2D eigenvalue weighted by Crippen LogP contribution is 2.20. The van der Waals surface area contributed by atoms with Crippen LogP contribution in [0.2, 0.25) is 0 Å². The Kier molecular flexibility index (Phi) is 4.45. The monoisotopic (exact) mass is 369 g/mol. The Labute approximate surface area is 154 Å². The average Bonchev–Trinajstić information content (AvgIpc) is 3.09. The Bertz CT molecular complexity index is 954. The molecule has 0 spiro atoms. The molecule has 0 bridgehead atoms. The summed E-state index contributed by atoms with van der Waals surface area (Å²) in [5.74, 6) is -0.00870. The maximum atomic E-state index is 13.0. The zero-order valence-corrected chi connectivity index (χ0v) is 14.5. The number of amides is 1. The minimum absolute atomic E-state index is 0.133. The molecule has 1 N–H and O–H groups in total. The van der Waals surface area contributed by atoms with Crippen molar-refractivity contribution < 1.29 is 23.9 Å². The van der Waals surface area contributed by atoms with E-state index in [9.17, 15) is 14.4 Å². The lowest BCUT2D eigenvalue weighted by Gasteiger charge is -2.27. The van der Waals surface area contributed by atoms with E-state index in [0.717, 1.165) is 16.0 Å². The SMILES string of the molecule is O=C(c1ccc(F)cc1)N1CCn2nc(OCc3cc[n+](O)cc3)cc2C1. The molecule has 0 aliphatic carbocycles. The molecule has 0 fully saturated rings. The van der Waals surface area contributed by atoms with Crippen molar-refractivity contribution in [1.29, 1.82) is 0 Å². The van der Waals surface area contributed by atoms with E-state index in [1.54, 1.807) is 17.0 Å². The van der Waals surface area contributed by atoms with Crippen molar-refractivity contribution in [3.05, 3.63) is 77.5 Å². The highest BCUT2D eigenvalue weighted by atomic mass is 19.1. The fourth-order valence-corrected chi connectivity index (χ4v) is 2.96. The minimum Gasteiger partial charge on any atom is -0.472 e. The highest BCUT2D eigenvalue weighted by Gasteiger charge is 2.23. The Balaban J connectivity index is 1.42. The number of carbonyl (C=O) groups excluding carboxylic acids is 1. The predicted molar refractivity (Wildman–Crippen MR) is 91.5 cm³/mol. The van der Waals surface area contributed by atoms with Crippen LogP contribution in [0.3, 0.4) is 0 Å². The number of rotatable bonds is 4. The molecule has 0 saturated carbocycles. The van der Waals surface area contributed by atoms with Gasteiger partial charge in [-0.1, -0.05) is 0 Å². The molecule has 2 aromatic heterocycles. The van der Waals surface area contributed by atoms with E-state index in [2.05, 4.69) is 5.10 Å². The second kappa shape index (κ2) is 7.06. The molecule has 0 unspecified atom stereocenters. The first-order chi connectivity index (χ1) is 13.1. The van der Waals surface area contributed by atoms with Gasteiger partial charge in [0.1, 0.15) is 12.4 Å². The van der Waals surface area contributed by atoms with Gasteiger partial charge in [-0.25, -0.2) is 4.39 Å². The summed E-state index contributed by atoms with van der Waals surface area (Å²) in [7, 11) is 0. The highest BCUT2D eigenvalue weighted by molar-refractivity contribution is 5.94. The minimum atomic E-state index is -0.364. The number of nitrogens with zero attached hydrogens (tertiary/aromatic N) is 4. The summed E-state index contributed by atoms with van der Waals surface area (Å²) in [6.45, 7) is 1.85. The van der Waals surface area contributed by atoms with Crippen LogP contribution in [0.1, 0.15) is 21.6 Å². The van der Waals surface area contributed by atoms with Crippen LogP contribution in [0, 0.1) is 5.82 Å². The normalized spacial score (nSPS) is 13.3. The molecule has 3 heterocycles. The lowest BCUT2D eigenvalue weighted by Crippen LogP contribution is -2.38. The Hall–Kier alpha value is -3.42. The third kappa shape index (κ3) is 3.74. The van der Waals surface area contributed by atoms with E-state index >= 15 is 0 Å². The topological polar surface area (TPSA) is 71.5 Å². The van der Waals surface area contributed by atoms with Crippen molar-refractivity contribution in [3.8, 4) is 5.88 Å². The van der Waals surface area contributed by atoms with E-state index in [1.807, 2.05) is 10.7 Å². The summed E-state index contributed by atoms with van der Waals surface area (Å²) >= 11 is 0. The smallest absolute Gasteiger partial charge is 0.254 e. The van der Waals surface area contributed by atoms with Crippen molar-refractivity contribution in [1.82, 2.24) is 14.7 Å². The summed E-state index contributed by atoms with van der Waals surface area (Å²) in [6.07, 6.45) is 3.05. The molecule has 138 valence electrons. The number of benzene rings is 1. The Morgan fingerprint density at radius 1 is 1.19 bits per heavy atom. The van der Waals surface area contributed by atoms with E-state index in [0.29, 0.717) is 37.7 Å². The van der Waals surface area contributed by atoms with Crippen LogP contribution in [-0.4, -0.2) is 32.3 Å². The molecule has 1 aromatic carbocycles. The zero-order valence-electron chi connectivity index (χ0n) is 14.5. The standard InChI is InChI=1S/C19H18FN4O3/c20-16-3-1-15(2-4-16)19(25)22-9-10-24-17(12-22)11-18(21-24)27-13-14-5-7-23(26)8-6-14/h1-8,11,26H,9-10,12-13H2/q+1. The molecule has 1 amide bonds. The number of hydrogen-bond donors (Lipinski definition) is 1. The third-order valence-corrected chi connectivity index (χ3v) is 4.42. The van der Waals surface area contributed by atoms with Crippen LogP contribution < -0.4 is 9.47 Å². The summed E-state index contributed by atoms with van der Waals surface area (Å²) in [4.78, 5) is 14.3. The molecule has 27 heavy (non-hydrogen) atoms. The van der Waals surface area contributed by atoms with E-state index in [1.165, 1.54) is 36.7 Å². The summed E-state index contributed by atoms with van der Waals surface area (Å²) in [5, 5.41) is 13.6. The molecule has 1 aliphatic heterocycles. The maximum Gasteiger partial charge on any atom is 0.254 e. The lowest BCUT2D eigenvalue weighted by molar-refractivity contribution is -0.904. The number of hydrogen-bond acceptors (Lipinski definition) is 4. The van der Waals surface area contributed by atoms with Crippen molar-refractivity contribution in [3.63, 3.8) is 0 Å². The Morgan fingerprint density at radius 3 is 2.67 bits per heavy atom. The van der Waals surface area contributed by atoms with Gasteiger partial charge in [0.15, 0.2) is 0 Å². The molecule has 0 atom stereocenters. The lowest BCUT2D eigenvalue weighted by atomic mass is 10.1. The number of pyridine rings is 1. The average molecular weight is 369 g/mol. The summed E-state index contributed by atoms with van der Waals surface area (Å²) in [6, 6.07) is 10.9. The molecule has 0 saturated heterocycles. The molecule has 8 heteroatoms. The zero-order chi connectivity index (χ0) is 18.8. The van der Waals surface area contributed by atoms with E-state index in [4.69, 9.17) is 4.74 Å². The van der Waals surface area contributed by atoms with Crippen LogP contribution >= 0.6 is 0 Å². The summed E-state index contributed by atoms with van der Waals surface area (Å²) < 4.78 is 21.5. The number of aromatic nitrogens is 3. The molecular formula is C19H18FN4O3+. The fourth-order valence-electron chi connectivity index (χ4n) is 2.96. The number of carbonyl (C=O) groups is 1. The van der Waals surface area contributed by atoms with Crippen LogP contribution in [0.15, 0.2) is 54.9 Å². The van der Waals surface area contributed by atoms with Gasteiger partial charge in [0.25, 0.3) is 5.91 Å². The first-order valence-electron chi connectivity index (χ1n) is 8.52. The van der Waals surface area contributed by atoms with Crippen LogP contribution in [0.5, 0.6) is 5.88 Å². The van der Waals surface area contributed by atoms with Crippen LogP contribution in [0.25, 0.3) is 0 Å². The van der Waals surface area contributed by atoms with Crippen molar-refractivity contribution in [2.45, 2.75) is 19.7 Å². The summed E-state index contributed by atoms with van der Waals surface area (Å²) in [5.41, 5.74) is 2.25. The second-order valence-electron chi connectivity index (χ2n) is 6.31. The first kappa shape index (κ1) is 17.0. The molecule has 0 radical (unpaired) electrons. The van der Waals surface area contributed by atoms with Crippen LogP contribution in [-0.2, 0) is 19.7 Å². The van der Waals surface area contributed by atoms with Gasteiger partial charge in [-0.15, -0.1) is 5.10 Å². The van der Waals surface area contributed by atoms with E-state index in [-0.39, 0.29) is 11.7 Å². The number of ether oxygens (including phenoxy) is 1. The molecule has 7 nitrogen and oxygen atoms in total. The van der Waals surface area contributed by atoms with Gasteiger partial charge < -0.3 is 9.64 Å². The van der Waals surface area contributed by atoms with Gasteiger partial charge in [-0.2, -0.15) is 0 Å². The predicted octanol–water partition coefficient (Wildman–Crippen LogP) is 1.78. The first-order valence-corrected chi connectivity index (χ1v) is 8.52. The number of fused-ring (bicyclic) bond motifs is 1. The third-order valence-electron chi connectivity index (χ3n) is 4.42. The quantitative estimate of drug-likeness (QED) is 0.562. The molecule has 4 rings (SSSR count). The second-order valence-corrected chi connectivity index (χ2v) is 6.31. The van der Waals surface area contributed by atoms with Gasteiger partial charge in [-0.05, 0) is 24.3 Å². The molecule has 3 aromatic rings. The Morgan fingerprint density at radius 2 is 1.93 bits per heavy atom. The van der Waals surface area contributed by atoms with Gasteiger partial charge in [-0.3, -0.25) is 14.7 Å². The van der Waals surface area contributed by atoms with Gasteiger partial charge in [0, 0.05) is 40.6 Å². The largest absolute Gasteiger partial charge is 0.472 e. The van der Waals surface area contributed by atoms with Gasteiger partial charge >= 0.3 is 0 Å². The van der Waals surface area contributed by atoms with Gasteiger partial charge in [0.2, 0.25) is 18.3 Å². The molecular weight excluding hydrogens is 351 g/mol. The van der Waals surface area contributed by atoms with Crippen LogP contribution in [0.4, 0.5) is 4.39 Å². The van der Waals surface area contributed by atoms with Crippen molar-refractivity contribution in [2.24, 2.45) is 0 Å². The molecule has 1 aliphatic rings. The van der Waals surface area contributed by atoms with Crippen molar-refractivity contribution >= 4 is 5.91 Å². The number of halogens is 1. The maximum absolute atomic E-state index is 13.0. The van der Waals surface area contributed by atoms with E-state index < -0.39 is 0 Å².